The van der Waals surface area contributed by atoms with E-state index in [-0.39, 0.29) is 12.5 Å². The molecule has 0 atom stereocenters. The molecule has 0 aromatic heterocycles. The van der Waals surface area contributed by atoms with Gasteiger partial charge in [0.05, 0.1) is 13.7 Å². The van der Waals surface area contributed by atoms with Crippen LogP contribution in [0.15, 0.2) is 42.5 Å². The van der Waals surface area contributed by atoms with E-state index in [2.05, 4.69) is 10.1 Å². The van der Waals surface area contributed by atoms with Gasteiger partial charge in [0.2, 0.25) is 0 Å². The van der Waals surface area contributed by atoms with Crippen LogP contribution in [0.4, 0.5) is 5.69 Å². The Hall–Kier alpha value is -3.28. The molecule has 0 spiro atoms. The van der Waals surface area contributed by atoms with Crippen LogP contribution < -0.4 is 14.8 Å². The Morgan fingerprint density at radius 2 is 1.92 bits per heavy atom. The van der Waals surface area contributed by atoms with Crippen molar-refractivity contribution < 1.29 is 23.8 Å². The van der Waals surface area contributed by atoms with Crippen molar-refractivity contribution in [2.24, 2.45) is 0 Å². The Balaban J connectivity index is 1.90. The second kappa shape index (κ2) is 7.74. The van der Waals surface area contributed by atoms with E-state index in [1.165, 1.54) is 7.11 Å². The fourth-order valence-corrected chi connectivity index (χ4v) is 2.65. The van der Waals surface area contributed by atoms with Crippen molar-refractivity contribution in [3.63, 3.8) is 0 Å². The molecule has 3 rings (SSSR count). The van der Waals surface area contributed by atoms with Crippen molar-refractivity contribution in [2.75, 3.05) is 25.6 Å². The first kappa shape index (κ1) is 17.5. The van der Waals surface area contributed by atoms with Gasteiger partial charge in [0, 0.05) is 16.8 Å². The lowest BCUT2D eigenvalue weighted by molar-refractivity contribution is -0.142. The van der Waals surface area contributed by atoms with Crippen LogP contribution in [-0.4, -0.2) is 32.2 Å². The fourth-order valence-electron chi connectivity index (χ4n) is 2.65. The molecule has 0 saturated heterocycles. The largest absolute Gasteiger partial charge is 0.490 e. The van der Waals surface area contributed by atoms with Crippen LogP contribution in [0.1, 0.15) is 18.1 Å². The van der Waals surface area contributed by atoms with Crippen molar-refractivity contribution in [1.29, 1.82) is 0 Å². The van der Waals surface area contributed by atoms with Crippen molar-refractivity contribution in [1.82, 2.24) is 0 Å². The van der Waals surface area contributed by atoms with Gasteiger partial charge in [0.15, 0.2) is 18.1 Å². The minimum atomic E-state index is -0.474. The summed E-state index contributed by atoms with van der Waals surface area (Å²) < 4.78 is 15.6. The van der Waals surface area contributed by atoms with E-state index < -0.39 is 5.97 Å². The highest BCUT2D eigenvalue weighted by molar-refractivity contribution is 6.34. The molecular formula is C20H19NO5. The maximum Gasteiger partial charge on any atom is 0.343 e. The first-order valence-corrected chi connectivity index (χ1v) is 8.21. The average Bonchev–Trinajstić information content (AvgIpc) is 2.96. The number of amides is 1. The number of benzene rings is 2. The number of rotatable bonds is 6. The van der Waals surface area contributed by atoms with Gasteiger partial charge in [-0.15, -0.1) is 0 Å². The maximum absolute atomic E-state index is 12.2. The van der Waals surface area contributed by atoms with Crippen LogP contribution in [0, 0.1) is 0 Å². The quantitative estimate of drug-likeness (QED) is 0.638. The number of hydrogen-bond acceptors (Lipinski definition) is 5. The number of methoxy groups -OCH3 is 1. The van der Waals surface area contributed by atoms with E-state index in [0.717, 1.165) is 16.8 Å². The number of hydrogen-bond donors (Lipinski definition) is 1. The molecule has 1 aliphatic rings. The number of nitrogens with one attached hydrogen (secondary N) is 1. The van der Waals surface area contributed by atoms with E-state index in [9.17, 15) is 9.59 Å². The summed E-state index contributed by atoms with van der Waals surface area (Å²) in [5, 5.41) is 2.84. The first-order valence-electron chi connectivity index (χ1n) is 8.21. The molecule has 2 aromatic carbocycles. The summed E-state index contributed by atoms with van der Waals surface area (Å²) in [4.78, 5) is 23.5. The Morgan fingerprint density at radius 1 is 1.12 bits per heavy atom. The van der Waals surface area contributed by atoms with Gasteiger partial charge in [-0.25, -0.2) is 4.79 Å². The highest BCUT2D eigenvalue weighted by atomic mass is 16.6. The Bertz CT molecular complexity index is 872. The Labute approximate surface area is 151 Å². The number of carbonyl (C=O) groups is 2. The summed E-state index contributed by atoms with van der Waals surface area (Å²) >= 11 is 0. The SMILES string of the molecule is CCOc1cc(/C=C2\C(=O)Nc3ccccc32)ccc1OCC(=O)OC. The monoisotopic (exact) mass is 353 g/mol. The van der Waals surface area contributed by atoms with Crippen LogP contribution in [-0.2, 0) is 14.3 Å². The smallest absolute Gasteiger partial charge is 0.343 e. The minimum absolute atomic E-state index is 0.143. The van der Waals surface area contributed by atoms with Crippen molar-refractivity contribution >= 4 is 29.2 Å². The van der Waals surface area contributed by atoms with Gasteiger partial charge in [-0.2, -0.15) is 0 Å². The summed E-state index contributed by atoms with van der Waals surface area (Å²) in [7, 11) is 1.30. The average molecular weight is 353 g/mol. The third-order valence-electron chi connectivity index (χ3n) is 3.86. The molecule has 2 aromatic rings. The second-order valence-corrected chi connectivity index (χ2v) is 5.56. The Kier molecular flexibility index (Phi) is 5.22. The van der Waals surface area contributed by atoms with Crippen LogP contribution in [0.25, 0.3) is 11.6 Å². The van der Waals surface area contributed by atoms with Crippen molar-refractivity contribution in [3.8, 4) is 11.5 Å². The molecule has 0 unspecified atom stereocenters. The molecule has 1 heterocycles. The standard InChI is InChI=1S/C20H19NO5/c1-3-25-18-11-13(8-9-17(18)26-12-19(22)24-2)10-15-14-6-4-5-7-16(14)21-20(15)23/h4-11H,3,12H2,1-2H3,(H,21,23)/b15-10-. The topological polar surface area (TPSA) is 73.9 Å². The van der Waals surface area contributed by atoms with E-state index in [4.69, 9.17) is 9.47 Å². The highest BCUT2D eigenvalue weighted by Crippen LogP contribution is 2.34. The third-order valence-corrected chi connectivity index (χ3v) is 3.86. The van der Waals surface area contributed by atoms with E-state index in [1.54, 1.807) is 24.3 Å². The zero-order chi connectivity index (χ0) is 18.5. The number of esters is 1. The number of anilines is 1. The lowest BCUT2D eigenvalue weighted by Gasteiger charge is -2.12. The fraction of sp³-hybridized carbons (Fsp3) is 0.200. The van der Waals surface area contributed by atoms with Crippen molar-refractivity contribution in [2.45, 2.75) is 6.92 Å². The molecule has 134 valence electrons. The lowest BCUT2D eigenvalue weighted by atomic mass is 10.0. The summed E-state index contributed by atoms with van der Waals surface area (Å²) in [5.74, 6) is 0.321. The molecule has 1 amide bonds. The van der Waals surface area contributed by atoms with Gasteiger partial charge in [-0.3, -0.25) is 4.79 Å². The molecule has 0 radical (unpaired) electrons. The van der Waals surface area contributed by atoms with E-state index >= 15 is 0 Å². The van der Waals surface area contributed by atoms with Gasteiger partial charge in [-0.1, -0.05) is 24.3 Å². The number of para-hydroxylation sites is 1. The van der Waals surface area contributed by atoms with Gasteiger partial charge in [0.1, 0.15) is 0 Å². The van der Waals surface area contributed by atoms with Crippen LogP contribution in [0.5, 0.6) is 11.5 Å². The molecule has 1 aliphatic heterocycles. The second-order valence-electron chi connectivity index (χ2n) is 5.56. The van der Waals surface area contributed by atoms with E-state index in [0.29, 0.717) is 23.7 Å². The molecular weight excluding hydrogens is 334 g/mol. The van der Waals surface area contributed by atoms with E-state index in [1.807, 2.05) is 31.2 Å². The van der Waals surface area contributed by atoms with Crippen LogP contribution in [0.3, 0.4) is 0 Å². The summed E-state index contributed by atoms with van der Waals surface area (Å²) in [6.45, 7) is 2.10. The molecule has 0 saturated carbocycles. The van der Waals surface area contributed by atoms with Crippen LogP contribution >= 0.6 is 0 Å². The van der Waals surface area contributed by atoms with Gasteiger partial charge in [-0.05, 0) is 36.8 Å². The zero-order valence-electron chi connectivity index (χ0n) is 14.6. The summed E-state index contributed by atoms with van der Waals surface area (Å²) in [6, 6.07) is 12.8. The minimum Gasteiger partial charge on any atom is -0.490 e. The maximum atomic E-state index is 12.2. The zero-order valence-corrected chi connectivity index (χ0v) is 14.6. The van der Waals surface area contributed by atoms with Gasteiger partial charge < -0.3 is 19.5 Å². The molecule has 26 heavy (non-hydrogen) atoms. The first-order chi connectivity index (χ1) is 12.6. The number of ether oxygens (including phenoxy) is 3. The number of fused-ring (bicyclic) bond motifs is 1. The normalized spacial score (nSPS) is 13.9. The predicted octanol–water partition coefficient (Wildman–Crippen LogP) is 3.13. The predicted molar refractivity (Wildman–Crippen MR) is 98.1 cm³/mol. The van der Waals surface area contributed by atoms with Crippen LogP contribution in [0.2, 0.25) is 0 Å². The summed E-state index contributed by atoms with van der Waals surface area (Å²) in [6.07, 6.45) is 1.80. The lowest BCUT2D eigenvalue weighted by Crippen LogP contribution is -2.13. The molecule has 6 nitrogen and oxygen atoms in total. The third kappa shape index (κ3) is 3.69. The molecule has 1 N–H and O–H groups in total. The Morgan fingerprint density at radius 3 is 2.69 bits per heavy atom. The number of carbonyl (C=O) groups excluding carboxylic acids is 2. The molecule has 0 aliphatic carbocycles. The molecule has 0 fully saturated rings. The molecule has 0 bridgehead atoms. The molecule has 6 heteroatoms. The highest BCUT2D eigenvalue weighted by Gasteiger charge is 2.23. The summed E-state index contributed by atoms with van der Waals surface area (Å²) in [5.41, 5.74) is 3.04. The van der Waals surface area contributed by atoms with Gasteiger partial charge >= 0.3 is 5.97 Å². The van der Waals surface area contributed by atoms with Crippen molar-refractivity contribution in [3.05, 3.63) is 53.6 Å². The van der Waals surface area contributed by atoms with Gasteiger partial charge in [0.25, 0.3) is 5.91 Å².